The minimum atomic E-state index is -1.46. The van der Waals surface area contributed by atoms with Gasteiger partial charge in [0.25, 0.3) is 0 Å². The quantitative estimate of drug-likeness (QED) is 0.294. The van der Waals surface area contributed by atoms with E-state index in [9.17, 15) is 9.59 Å². The van der Waals surface area contributed by atoms with Gasteiger partial charge in [-0.2, -0.15) is 0 Å². The minimum Gasteiger partial charge on any atom is -0.437 e. The highest BCUT2D eigenvalue weighted by Gasteiger charge is 2.54. The second-order valence-electron chi connectivity index (χ2n) is 8.81. The van der Waals surface area contributed by atoms with Crippen LogP contribution >= 0.6 is 0 Å². The third-order valence-corrected chi connectivity index (χ3v) is 6.95. The van der Waals surface area contributed by atoms with Crippen LogP contribution in [0.25, 0.3) is 10.9 Å². The molecule has 8 heteroatoms. The number of cyclic esters (lactones) is 1. The van der Waals surface area contributed by atoms with Crippen molar-refractivity contribution in [1.82, 2.24) is 14.5 Å². The van der Waals surface area contributed by atoms with Gasteiger partial charge in [-0.05, 0) is 39.0 Å². The first kappa shape index (κ1) is 23.5. The number of aromatic nitrogens is 3. The SMILES string of the molecule is CCN(CC)c1ccc(C2(c3c(C)n(C)c4ccccc34)OC(=O)c3nccnc32)c(OC(C)=O)c1. The number of fused-ring (bicyclic) bond motifs is 2. The van der Waals surface area contributed by atoms with Crippen LogP contribution in [-0.4, -0.2) is 39.6 Å². The standard InChI is InChI=1S/C28H28N4O4/c1-6-32(7-2)19-12-13-21(23(16-19)35-18(4)33)28(26-25(27(34)36-28)29-14-15-30-26)24-17(3)31(5)22-11-9-8-10-20(22)24/h8-16H,6-7H2,1-5H3. The number of hydrogen-bond donors (Lipinski definition) is 0. The lowest BCUT2D eigenvalue weighted by Crippen LogP contribution is -2.32. The zero-order valence-corrected chi connectivity index (χ0v) is 21.0. The lowest BCUT2D eigenvalue weighted by atomic mass is 9.81. The summed E-state index contributed by atoms with van der Waals surface area (Å²) in [5.41, 5.74) is 3.10. The largest absolute Gasteiger partial charge is 0.437 e. The summed E-state index contributed by atoms with van der Waals surface area (Å²) in [6.07, 6.45) is 3.02. The Morgan fingerprint density at radius 3 is 2.56 bits per heavy atom. The van der Waals surface area contributed by atoms with Gasteiger partial charge >= 0.3 is 11.9 Å². The molecule has 0 aliphatic carbocycles. The van der Waals surface area contributed by atoms with Crippen LogP contribution in [0.15, 0.2) is 54.9 Å². The number of carbonyl (C=O) groups is 2. The van der Waals surface area contributed by atoms with Gasteiger partial charge in [0, 0.05) is 78.9 Å². The van der Waals surface area contributed by atoms with Gasteiger partial charge in [-0.1, -0.05) is 18.2 Å². The Labute approximate surface area is 209 Å². The summed E-state index contributed by atoms with van der Waals surface area (Å²) >= 11 is 0. The average molecular weight is 485 g/mol. The van der Waals surface area contributed by atoms with E-state index in [4.69, 9.17) is 9.47 Å². The van der Waals surface area contributed by atoms with Crippen LogP contribution in [-0.2, 0) is 22.2 Å². The van der Waals surface area contributed by atoms with Crippen molar-refractivity contribution in [2.75, 3.05) is 18.0 Å². The molecule has 1 atom stereocenters. The van der Waals surface area contributed by atoms with Gasteiger partial charge in [0.15, 0.2) is 5.69 Å². The number of esters is 2. The second-order valence-corrected chi connectivity index (χ2v) is 8.81. The fourth-order valence-electron chi connectivity index (χ4n) is 5.26. The van der Waals surface area contributed by atoms with E-state index >= 15 is 0 Å². The van der Waals surface area contributed by atoms with E-state index in [0.29, 0.717) is 17.0 Å². The van der Waals surface area contributed by atoms with E-state index < -0.39 is 17.5 Å². The first-order valence-corrected chi connectivity index (χ1v) is 12.0. The highest BCUT2D eigenvalue weighted by Crippen LogP contribution is 2.52. The number of nitrogens with zero attached hydrogens (tertiary/aromatic N) is 4. The van der Waals surface area contributed by atoms with Gasteiger partial charge in [0.1, 0.15) is 11.4 Å². The Morgan fingerprint density at radius 1 is 1.11 bits per heavy atom. The van der Waals surface area contributed by atoms with Crippen LogP contribution in [0.2, 0.25) is 0 Å². The van der Waals surface area contributed by atoms with Gasteiger partial charge in [-0.3, -0.25) is 9.78 Å². The molecule has 36 heavy (non-hydrogen) atoms. The average Bonchev–Trinajstić information content (AvgIpc) is 3.31. The van der Waals surface area contributed by atoms with Crippen LogP contribution in [0, 0.1) is 6.92 Å². The molecular weight excluding hydrogens is 456 g/mol. The molecule has 2 aromatic heterocycles. The summed E-state index contributed by atoms with van der Waals surface area (Å²) in [5.74, 6) is -0.737. The van der Waals surface area contributed by atoms with Crippen LogP contribution in [0.4, 0.5) is 5.69 Å². The number of rotatable bonds is 6. The van der Waals surface area contributed by atoms with Crippen molar-refractivity contribution in [3.05, 3.63) is 83.1 Å². The number of anilines is 1. The molecule has 0 saturated carbocycles. The van der Waals surface area contributed by atoms with Gasteiger partial charge in [-0.25, -0.2) is 9.78 Å². The smallest absolute Gasteiger partial charge is 0.360 e. The maximum absolute atomic E-state index is 13.2. The zero-order chi connectivity index (χ0) is 25.6. The fraction of sp³-hybridized carbons (Fsp3) is 0.286. The Balaban J connectivity index is 1.91. The molecule has 0 N–H and O–H groups in total. The van der Waals surface area contributed by atoms with Crippen molar-refractivity contribution >= 4 is 28.5 Å². The molecule has 1 unspecified atom stereocenters. The molecule has 1 aliphatic heterocycles. The Morgan fingerprint density at radius 2 is 1.83 bits per heavy atom. The Kier molecular flexibility index (Phi) is 5.74. The zero-order valence-electron chi connectivity index (χ0n) is 21.0. The number of carbonyl (C=O) groups excluding carboxylic acids is 2. The molecule has 5 rings (SSSR count). The maximum atomic E-state index is 13.2. The highest BCUT2D eigenvalue weighted by atomic mass is 16.6. The number of hydrogen-bond acceptors (Lipinski definition) is 7. The Bertz CT molecular complexity index is 1500. The molecule has 2 aromatic carbocycles. The Hall–Kier alpha value is -4.20. The lowest BCUT2D eigenvalue weighted by Gasteiger charge is -2.31. The fourth-order valence-corrected chi connectivity index (χ4v) is 5.26. The third kappa shape index (κ3) is 3.36. The van der Waals surface area contributed by atoms with Crippen molar-refractivity contribution in [1.29, 1.82) is 0 Å². The predicted octanol–water partition coefficient (Wildman–Crippen LogP) is 4.51. The van der Waals surface area contributed by atoms with Crippen LogP contribution < -0.4 is 9.64 Å². The molecule has 184 valence electrons. The van der Waals surface area contributed by atoms with E-state index in [-0.39, 0.29) is 5.69 Å². The number of aryl methyl sites for hydroxylation is 1. The van der Waals surface area contributed by atoms with E-state index in [2.05, 4.69) is 33.3 Å². The monoisotopic (exact) mass is 484 g/mol. The maximum Gasteiger partial charge on any atom is 0.360 e. The van der Waals surface area contributed by atoms with Crippen LogP contribution in [0.5, 0.6) is 5.75 Å². The first-order chi connectivity index (χ1) is 17.3. The van der Waals surface area contributed by atoms with Crippen LogP contribution in [0.3, 0.4) is 0 Å². The van der Waals surface area contributed by atoms with Gasteiger partial charge in [-0.15, -0.1) is 0 Å². The summed E-state index contributed by atoms with van der Waals surface area (Å²) < 4.78 is 14.1. The highest BCUT2D eigenvalue weighted by molar-refractivity contribution is 5.97. The van der Waals surface area contributed by atoms with Crippen LogP contribution in [0.1, 0.15) is 53.8 Å². The third-order valence-electron chi connectivity index (χ3n) is 6.95. The molecule has 8 nitrogen and oxygen atoms in total. The van der Waals surface area contributed by atoms with Crippen molar-refractivity contribution in [2.24, 2.45) is 7.05 Å². The van der Waals surface area contributed by atoms with Gasteiger partial charge in [0.2, 0.25) is 5.60 Å². The van der Waals surface area contributed by atoms with E-state index in [1.165, 1.54) is 13.1 Å². The molecule has 0 amide bonds. The van der Waals surface area contributed by atoms with Gasteiger partial charge < -0.3 is 18.9 Å². The van der Waals surface area contributed by atoms with Gasteiger partial charge in [0.05, 0.1) is 0 Å². The molecular formula is C28H28N4O4. The lowest BCUT2D eigenvalue weighted by molar-refractivity contribution is -0.132. The summed E-state index contributed by atoms with van der Waals surface area (Å²) in [6.45, 7) is 9.04. The topological polar surface area (TPSA) is 86.6 Å². The minimum absolute atomic E-state index is 0.145. The normalized spacial score (nSPS) is 16.6. The summed E-state index contributed by atoms with van der Waals surface area (Å²) in [7, 11) is 1.97. The van der Waals surface area contributed by atoms with E-state index in [0.717, 1.165) is 40.9 Å². The molecule has 4 aromatic rings. The number of para-hydroxylation sites is 1. The summed E-state index contributed by atoms with van der Waals surface area (Å²) in [6, 6.07) is 13.6. The van der Waals surface area contributed by atoms with Crippen molar-refractivity contribution in [3.8, 4) is 5.75 Å². The van der Waals surface area contributed by atoms with Crippen molar-refractivity contribution in [2.45, 2.75) is 33.3 Å². The van der Waals surface area contributed by atoms with Crippen molar-refractivity contribution in [3.63, 3.8) is 0 Å². The molecule has 0 bridgehead atoms. The molecule has 3 heterocycles. The molecule has 0 saturated heterocycles. The molecule has 0 spiro atoms. The molecule has 0 radical (unpaired) electrons. The number of ether oxygens (including phenoxy) is 2. The number of benzene rings is 2. The van der Waals surface area contributed by atoms with Crippen molar-refractivity contribution < 1.29 is 19.1 Å². The summed E-state index contributed by atoms with van der Waals surface area (Å²) in [4.78, 5) is 36.6. The molecule has 1 aliphatic rings. The summed E-state index contributed by atoms with van der Waals surface area (Å²) in [5, 5.41) is 0.908. The molecule has 0 fully saturated rings. The van der Waals surface area contributed by atoms with E-state index in [1.807, 2.05) is 56.4 Å². The second kappa shape index (κ2) is 8.78. The first-order valence-electron chi connectivity index (χ1n) is 12.0. The predicted molar refractivity (Wildman–Crippen MR) is 136 cm³/mol. The van der Waals surface area contributed by atoms with E-state index in [1.54, 1.807) is 6.20 Å².